The lowest BCUT2D eigenvalue weighted by atomic mass is 9.75. The molecular weight excluding hydrogens is 311 g/mol. The molecule has 0 radical (unpaired) electrons. The quantitative estimate of drug-likeness (QED) is 0.561. The van der Waals surface area contributed by atoms with Crippen molar-refractivity contribution in [3.8, 4) is 11.5 Å². The minimum atomic E-state index is -0.557. The summed E-state index contributed by atoms with van der Waals surface area (Å²) in [5, 5.41) is 0. The first-order valence-corrected chi connectivity index (χ1v) is 7.93. The standard InChI is InChI=1S/C17H27BO6/c1-16(2)17(3,4)24-18(23-16)15-12(10-19-5)8-13(21-7)9-14(15)22-11-20-6/h8-9H,10-11H2,1-7H3. The van der Waals surface area contributed by atoms with Gasteiger partial charge in [0, 0.05) is 25.7 Å². The lowest BCUT2D eigenvalue weighted by Crippen LogP contribution is -2.41. The molecule has 0 saturated carbocycles. The van der Waals surface area contributed by atoms with Crippen LogP contribution in [0.4, 0.5) is 0 Å². The third-order valence-electron chi connectivity index (χ3n) is 4.56. The van der Waals surface area contributed by atoms with Crippen LogP contribution in [0.25, 0.3) is 0 Å². The third-order valence-corrected chi connectivity index (χ3v) is 4.56. The van der Waals surface area contributed by atoms with E-state index in [0.717, 1.165) is 11.0 Å². The Labute approximate surface area is 144 Å². The SMILES string of the molecule is COCOc1cc(OC)cc(COC)c1B1OC(C)(C)C(C)(C)O1. The molecule has 0 unspecified atom stereocenters. The van der Waals surface area contributed by atoms with E-state index >= 15 is 0 Å². The molecule has 1 saturated heterocycles. The second-order valence-corrected chi connectivity index (χ2v) is 6.77. The van der Waals surface area contributed by atoms with Gasteiger partial charge >= 0.3 is 7.12 Å². The van der Waals surface area contributed by atoms with E-state index in [9.17, 15) is 0 Å². The lowest BCUT2D eigenvalue weighted by Gasteiger charge is -2.32. The Balaban J connectivity index is 2.49. The molecule has 0 aromatic heterocycles. The van der Waals surface area contributed by atoms with Crippen molar-refractivity contribution in [2.75, 3.05) is 28.1 Å². The fraction of sp³-hybridized carbons (Fsp3) is 0.647. The van der Waals surface area contributed by atoms with Crippen LogP contribution < -0.4 is 14.9 Å². The minimum Gasteiger partial charge on any atom is -0.497 e. The average molecular weight is 338 g/mol. The largest absolute Gasteiger partial charge is 0.499 e. The van der Waals surface area contributed by atoms with Gasteiger partial charge in [0.15, 0.2) is 6.79 Å². The Hall–Kier alpha value is -1.28. The molecule has 0 bridgehead atoms. The van der Waals surface area contributed by atoms with Crippen LogP contribution in [-0.2, 0) is 25.4 Å². The topological polar surface area (TPSA) is 55.4 Å². The van der Waals surface area contributed by atoms with Crippen LogP contribution in [0.5, 0.6) is 11.5 Å². The molecule has 1 aliphatic heterocycles. The van der Waals surface area contributed by atoms with Gasteiger partial charge in [0.2, 0.25) is 0 Å². The van der Waals surface area contributed by atoms with Crippen LogP contribution in [0, 0.1) is 0 Å². The number of hydrogen-bond donors (Lipinski definition) is 0. The van der Waals surface area contributed by atoms with Crippen molar-refractivity contribution >= 4 is 12.6 Å². The second-order valence-electron chi connectivity index (χ2n) is 6.77. The van der Waals surface area contributed by atoms with Gasteiger partial charge in [-0.1, -0.05) is 0 Å². The van der Waals surface area contributed by atoms with Crippen molar-refractivity contribution in [1.82, 2.24) is 0 Å². The maximum absolute atomic E-state index is 6.19. The van der Waals surface area contributed by atoms with Gasteiger partial charge in [-0.2, -0.15) is 0 Å². The van der Waals surface area contributed by atoms with Crippen LogP contribution in [0.1, 0.15) is 33.3 Å². The predicted molar refractivity (Wildman–Crippen MR) is 91.9 cm³/mol. The maximum Gasteiger partial charge on any atom is 0.499 e. The highest BCUT2D eigenvalue weighted by atomic mass is 16.7. The summed E-state index contributed by atoms with van der Waals surface area (Å²) in [4.78, 5) is 0. The first-order valence-electron chi connectivity index (χ1n) is 7.93. The average Bonchev–Trinajstić information content (AvgIpc) is 2.72. The molecule has 1 aromatic rings. The highest BCUT2D eigenvalue weighted by Gasteiger charge is 2.53. The molecule has 0 N–H and O–H groups in total. The van der Waals surface area contributed by atoms with E-state index in [4.69, 9.17) is 28.3 Å². The third kappa shape index (κ3) is 3.69. The Morgan fingerprint density at radius 2 is 1.58 bits per heavy atom. The van der Waals surface area contributed by atoms with Crippen molar-refractivity contribution in [2.24, 2.45) is 0 Å². The van der Waals surface area contributed by atoms with Crippen LogP contribution in [0.2, 0.25) is 0 Å². The first-order chi connectivity index (χ1) is 11.3. The molecule has 0 aliphatic carbocycles. The molecule has 0 atom stereocenters. The number of hydrogen-bond acceptors (Lipinski definition) is 6. The first kappa shape index (κ1) is 19.1. The van der Waals surface area contributed by atoms with Gasteiger partial charge in [-0.25, -0.2) is 0 Å². The van der Waals surface area contributed by atoms with Gasteiger partial charge in [-0.3, -0.25) is 0 Å². The van der Waals surface area contributed by atoms with E-state index in [1.54, 1.807) is 27.4 Å². The van der Waals surface area contributed by atoms with E-state index in [0.29, 0.717) is 18.1 Å². The second kappa shape index (κ2) is 7.31. The zero-order valence-electron chi connectivity index (χ0n) is 15.6. The van der Waals surface area contributed by atoms with Gasteiger partial charge in [-0.05, 0) is 39.3 Å². The highest BCUT2D eigenvalue weighted by molar-refractivity contribution is 6.63. The molecule has 1 fully saturated rings. The van der Waals surface area contributed by atoms with Gasteiger partial charge in [-0.15, -0.1) is 0 Å². The minimum absolute atomic E-state index is 0.117. The summed E-state index contributed by atoms with van der Waals surface area (Å²) in [6.45, 7) is 8.57. The summed E-state index contributed by atoms with van der Waals surface area (Å²) < 4.78 is 33.9. The number of ether oxygens (including phenoxy) is 4. The van der Waals surface area contributed by atoms with E-state index in [2.05, 4.69) is 0 Å². The summed E-state index contributed by atoms with van der Waals surface area (Å²) in [7, 11) is 4.27. The van der Waals surface area contributed by atoms with E-state index in [1.807, 2.05) is 33.8 Å². The fourth-order valence-electron chi connectivity index (χ4n) is 2.52. The Morgan fingerprint density at radius 3 is 2.08 bits per heavy atom. The van der Waals surface area contributed by atoms with Gasteiger partial charge < -0.3 is 28.3 Å². The van der Waals surface area contributed by atoms with Crippen LogP contribution >= 0.6 is 0 Å². The summed E-state index contributed by atoms with van der Waals surface area (Å²) in [5.74, 6) is 1.27. The zero-order chi connectivity index (χ0) is 18.0. The lowest BCUT2D eigenvalue weighted by molar-refractivity contribution is 0.00578. The van der Waals surface area contributed by atoms with Crippen molar-refractivity contribution in [3.05, 3.63) is 17.7 Å². The van der Waals surface area contributed by atoms with Gasteiger partial charge in [0.1, 0.15) is 11.5 Å². The van der Waals surface area contributed by atoms with Crippen LogP contribution in [-0.4, -0.2) is 46.4 Å². The fourth-order valence-corrected chi connectivity index (χ4v) is 2.52. The van der Waals surface area contributed by atoms with E-state index < -0.39 is 18.3 Å². The predicted octanol–water partition coefficient (Wildman–Crippen LogP) is 2.12. The summed E-state index contributed by atoms with van der Waals surface area (Å²) in [5.41, 5.74) is 0.802. The van der Waals surface area contributed by atoms with Gasteiger partial charge in [0.25, 0.3) is 0 Å². The van der Waals surface area contributed by atoms with E-state index in [-0.39, 0.29) is 6.79 Å². The van der Waals surface area contributed by atoms with E-state index in [1.165, 1.54) is 0 Å². The number of methoxy groups -OCH3 is 3. The Morgan fingerprint density at radius 1 is 0.958 bits per heavy atom. The molecule has 0 spiro atoms. The molecule has 7 heteroatoms. The monoisotopic (exact) mass is 338 g/mol. The Bertz CT molecular complexity index is 556. The summed E-state index contributed by atoms with van der Waals surface area (Å²) in [6, 6.07) is 3.71. The summed E-state index contributed by atoms with van der Waals surface area (Å²) in [6.07, 6.45) is 0. The van der Waals surface area contributed by atoms with Crippen LogP contribution in [0.3, 0.4) is 0 Å². The zero-order valence-corrected chi connectivity index (χ0v) is 15.6. The molecule has 1 heterocycles. The highest BCUT2D eigenvalue weighted by Crippen LogP contribution is 2.38. The normalized spacial score (nSPS) is 18.7. The van der Waals surface area contributed by atoms with Crippen molar-refractivity contribution < 1.29 is 28.3 Å². The molecule has 134 valence electrons. The molecule has 1 aliphatic rings. The Kier molecular flexibility index (Phi) is 5.80. The molecule has 1 aromatic carbocycles. The molecule has 2 rings (SSSR count). The smallest absolute Gasteiger partial charge is 0.497 e. The number of rotatable bonds is 7. The van der Waals surface area contributed by atoms with Crippen molar-refractivity contribution in [1.29, 1.82) is 0 Å². The molecular formula is C17H27BO6. The molecule has 0 amide bonds. The van der Waals surface area contributed by atoms with Crippen molar-refractivity contribution in [2.45, 2.75) is 45.5 Å². The van der Waals surface area contributed by atoms with Crippen LogP contribution in [0.15, 0.2) is 12.1 Å². The maximum atomic E-state index is 6.19. The number of benzene rings is 1. The summed E-state index contributed by atoms with van der Waals surface area (Å²) >= 11 is 0. The van der Waals surface area contributed by atoms with Crippen molar-refractivity contribution in [3.63, 3.8) is 0 Å². The molecule has 24 heavy (non-hydrogen) atoms. The van der Waals surface area contributed by atoms with Gasteiger partial charge in [0.05, 0.1) is 24.9 Å². The molecule has 6 nitrogen and oxygen atoms in total.